The highest BCUT2D eigenvalue weighted by atomic mass is 35.5. The summed E-state index contributed by atoms with van der Waals surface area (Å²) >= 11 is 6.00. The van der Waals surface area contributed by atoms with Crippen LogP contribution in [0.25, 0.3) is 6.08 Å². The number of carbonyl (C=O) groups is 1. The maximum atomic E-state index is 13.1. The van der Waals surface area contributed by atoms with Gasteiger partial charge in [0.2, 0.25) is 5.78 Å². The summed E-state index contributed by atoms with van der Waals surface area (Å²) in [5.41, 5.74) is 1.65. The van der Waals surface area contributed by atoms with Crippen LogP contribution in [0.4, 0.5) is 10.1 Å². The Morgan fingerprint density at radius 1 is 1.17 bits per heavy atom. The van der Waals surface area contributed by atoms with E-state index in [9.17, 15) is 14.4 Å². The van der Waals surface area contributed by atoms with Crippen LogP contribution >= 0.6 is 11.6 Å². The molecule has 4 rings (SSSR count). The molecule has 0 fully saturated rings. The molecule has 1 aliphatic heterocycles. The van der Waals surface area contributed by atoms with E-state index in [4.69, 9.17) is 26.3 Å². The molecule has 1 atom stereocenters. The van der Waals surface area contributed by atoms with E-state index in [1.807, 2.05) is 0 Å². The number of rotatable bonds is 5. The van der Waals surface area contributed by atoms with Crippen LogP contribution in [0.5, 0.6) is 11.5 Å². The molecule has 1 unspecified atom stereocenters. The van der Waals surface area contributed by atoms with Crippen molar-refractivity contribution in [2.24, 2.45) is 0 Å². The number of ketones is 1. The molecule has 1 aliphatic rings. The fourth-order valence-electron chi connectivity index (χ4n) is 2.97. The second-order valence-corrected chi connectivity index (χ2v) is 6.96. The largest absolute Gasteiger partial charge is 0.595 e. The third-order valence-corrected chi connectivity index (χ3v) is 4.83. The van der Waals surface area contributed by atoms with Gasteiger partial charge in [-0.2, -0.15) is 5.23 Å². The molecular weight excluding hydrogens is 413 g/mol. The summed E-state index contributed by atoms with van der Waals surface area (Å²) in [4.78, 5) is 12.6. The van der Waals surface area contributed by atoms with Crippen LogP contribution in [0.3, 0.4) is 0 Å². The average molecular weight is 428 g/mol. The van der Waals surface area contributed by atoms with Gasteiger partial charge in [0, 0.05) is 23.8 Å². The van der Waals surface area contributed by atoms with Crippen LogP contribution in [0.1, 0.15) is 21.5 Å². The van der Waals surface area contributed by atoms with Gasteiger partial charge in [0.15, 0.2) is 11.4 Å². The van der Waals surface area contributed by atoms with Gasteiger partial charge in [0.05, 0.1) is 10.6 Å². The fraction of sp³-hybridized carbons (Fsp3) is 0.0455. The van der Waals surface area contributed by atoms with Gasteiger partial charge in [-0.25, -0.2) is 9.60 Å². The first-order chi connectivity index (χ1) is 14.4. The number of halogens is 2. The van der Waals surface area contributed by atoms with E-state index in [2.05, 4.69) is 0 Å². The standard InChI is InChI=1S/C22H15ClFNO5/c23-19-10-15(24)5-4-14(19)12-29-17-6-7-18-20(11-17)30-21(22(18)26)9-13-2-1-3-16(8-13)25(27)28/h1-11,25,27H,12H2. The number of benzene rings is 3. The molecule has 0 saturated heterocycles. The van der Waals surface area contributed by atoms with Crippen LogP contribution in [0, 0.1) is 11.0 Å². The quantitative estimate of drug-likeness (QED) is 0.473. The molecule has 8 heteroatoms. The summed E-state index contributed by atoms with van der Waals surface area (Å²) < 4.78 is 24.5. The molecule has 0 radical (unpaired) electrons. The van der Waals surface area contributed by atoms with Gasteiger partial charge in [0.1, 0.15) is 23.9 Å². The lowest BCUT2D eigenvalue weighted by atomic mass is 10.1. The zero-order valence-electron chi connectivity index (χ0n) is 15.4. The Balaban J connectivity index is 1.51. The predicted octanol–water partition coefficient (Wildman–Crippen LogP) is 4.08. The lowest BCUT2D eigenvalue weighted by Gasteiger charge is -2.11. The topological polar surface area (TPSA) is 83.3 Å². The molecule has 0 amide bonds. The second kappa shape index (κ2) is 8.25. The number of fused-ring (bicyclic) bond motifs is 1. The van der Waals surface area contributed by atoms with Gasteiger partial charge in [0.25, 0.3) is 0 Å². The van der Waals surface area contributed by atoms with Crippen molar-refractivity contribution in [1.82, 2.24) is 0 Å². The minimum atomic E-state index is -1.06. The molecule has 0 bridgehead atoms. The van der Waals surface area contributed by atoms with Gasteiger partial charge < -0.3 is 14.7 Å². The molecule has 3 aromatic carbocycles. The van der Waals surface area contributed by atoms with Crippen LogP contribution < -0.4 is 14.7 Å². The van der Waals surface area contributed by atoms with E-state index in [0.717, 1.165) is 0 Å². The lowest BCUT2D eigenvalue weighted by molar-refractivity contribution is -0.991. The van der Waals surface area contributed by atoms with Crippen molar-refractivity contribution in [3.63, 3.8) is 0 Å². The Labute approximate surface area is 175 Å². The number of quaternary nitrogens is 1. The first-order valence-electron chi connectivity index (χ1n) is 8.89. The Kier molecular flexibility index (Phi) is 5.52. The smallest absolute Gasteiger partial charge is 0.231 e. The summed E-state index contributed by atoms with van der Waals surface area (Å²) in [6.07, 6.45) is 1.49. The molecular formula is C22H15ClFNO5. The van der Waals surface area contributed by atoms with Crippen LogP contribution in [0.15, 0.2) is 66.4 Å². The average Bonchev–Trinajstić information content (AvgIpc) is 3.02. The lowest BCUT2D eigenvalue weighted by Crippen LogP contribution is -2.99. The maximum absolute atomic E-state index is 13.1. The number of allylic oxidation sites excluding steroid dienone is 1. The minimum Gasteiger partial charge on any atom is -0.595 e. The van der Waals surface area contributed by atoms with Crippen LogP contribution in [-0.2, 0) is 6.61 Å². The minimum absolute atomic E-state index is 0.0891. The Hall–Kier alpha value is -3.23. The summed E-state index contributed by atoms with van der Waals surface area (Å²) in [7, 11) is 0. The van der Waals surface area contributed by atoms with Crippen molar-refractivity contribution in [1.29, 1.82) is 0 Å². The van der Waals surface area contributed by atoms with Gasteiger partial charge >= 0.3 is 0 Å². The van der Waals surface area contributed by atoms with Crippen LogP contribution in [0.2, 0.25) is 5.02 Å². The Bertz CT molecular complexity index is 1160. The van der Waals surface area contributed by atoms with Gasteiger partial charge in [-0.3, -0.25) is 4.79 Å². The highest BCUT2D eigenvalue weighted by molar-refractivity contribution is 6.31. The molecule has 1 heterocycles. The molecule has 2 N–H and O–H groups in total. The molecule has 0 aliphatic carbocycles. The maximum Gasteiger partial charge on any atom is 0.231 e. The first kappa shape index (κ1) is 20.1. The van der Waals surface area contributed by atoms with E-state index >= 15 is 0 Å². The number of ether oxygens (including phenoxy) is 2. The fourth-order valence-corrected chi connectivity index (χ4v) is 3.19. The number of hydrogen-bond acceptors (Lipinski definition) is 5. The number of nitrogens with one attached hydrogen (secondary N) is 1. The summed E-state index contributed by atoms with van der Waals surface area (Å²) in [6.45, 7) is 0.122. The Morgan fingerprint density at radius 3 is 2.77 bits per heavy atom. The van der Waals surface area contributed by atoms with E-state index < -0.39 is 11.0 Å². The van der Waals surface area contributed by atoms with Gasteiger partial charge in [-0.1, -0.05) is 29.8 Å². The van der Waals surface area contributed by atoms with E-state index in [0.29, 0.717) is 28.2 Å². The normalized spacial score (nSPS) is 15.1. The van der Waals surface area contributed by atoms with E-state index in [1.54, 1.807) is 30.3 Å². The summed E-state index contributed by atoms with van der Waals surface area (Å²) in [5, 5.41) is 19.4. The molecule has 0 spiro atoms. The first-order valence-corrected chi connectivity index (χ1v) is 9.27. The Morgan fingerprint density at radius 2 is 2.00 bits per heavy atom. The molecule has 0 aromatic heterocycles. The second-order valence-electron chi connectivity index (χ2n) is 6.55. The number of hydrogen-bond donors (Lipinski definition) is 2. The number of Topliss-reactive ketones (excluding diaryl/α,β-unsaturated/α-hetero) is 1. The highest BCUT2D eigenvalue weighted by Gasteiger charge is 2.27. The van der Waals surface area contributed by atoms with Crippen molar-refractivity contribution in [3.8, 4) is 11.5 Å². The zero-order valence-corrected chi connectivity index (χ0v) is 16.2. The van der Waals surface area contributed by atoms with Gasteiger partial charge in [-0.15, -0.1) is 0 Å². The SMILES string of the molecule is O=C1C(=Cc2cccc([NH+]([O-])O)c2)Oc2cc(OCc3ccc(F)cc3Cl)ccc21. The van der Waals surface area contributed by atoms with Crippen molar-refractivity contribution in [2.45, 2.75) is 6.61 Å². The predicted molar refractivity (Wildman–Crippen MR) is 107 cm³/mol. The van der Waals surface area contributed by atoms with Crippen LogP contribution in [-0.4, -0.2) is 11.0 Å². The third-order valence-electron chi connectivity index (χ3n) is 4.48. The van der Waals surface area contributed by atoms with Crippen molar-refractivity contribution < 1.29 is 29.1 Å². The molecule has 30 heavy (non-hydrogen) atoms. The monoisotopic (exact) mass is 427 g/mol. The zero-order chi connectivity index (χ0) is 21.3. The molecule has 3 aromatic rings. The molecule has 152 valence electrons. The number of carbonyl (C=O) groups excluding carboxylic acids is 1. The summed E-state index contributed by atoms with van der Waals surface area (Å²) in [6, 6.07) is 15.0. The highest BCUT2D eigenvalue weighted by Crippen LogP contribution is 2.35. The summed E-state index contributed by atoms with van der Waals surface area (Å²) in [5.74, 6) is 0.144. The van der Waals surface area contributed by atoms with Crippen molar-refractivity contribution >= 4 is 29.1 Å². The molecule has 6 nitrogen and oxygen atoms in total. The van der Waals surface area contributed by atoms with E-state index in [1.165, 1.54) is 36.4 Å². The van der Waals surface area contributed by atoms with Crippen molar-refractivity contribution in [2.75, 3.05) is 0 Å². The van der Waals surface area contributed by atoms with Gasteiger partial charge in [-0.05, 0) is 35.9 Å². The third kappa shape index (κ3) is 4.19. The van der Waals surface area contributed by atoms with E-state index in [-0.39, 0.29) is 28.9 Å². The van der Waals surface area contributed by atoms with Crippen molar-refractivity contribution in [3.05, 3.63) is 99.2 Å². The molecule has 0 saturated carbocycles.